The van der Waals surface area contributed by atoms with Gasteiger partial charge in [0.2, 0.25) is 0 Å². The van der Waals surface area contributed by atoms with Gasteiger partial charge in [0.1, 0.15) is 5.82 Å². The Morgan fingerprint density at radius 1 is 1.04 bits per heavy atom. The number of amides is 2. The van der Waals surface area contributed by atoms with Crippen molar-refractivity contribution in [3.05, 3.63) is 65.5 Å². The fourth-order valence-corrected chi connectivity index (χ4v) is 2.07. The Labute approximate surface area is 141 Å². The zero-order valence-corrected chi connectivity index (χ0v) is 13.2. The molecule has 5 nitrogen and oxygen atoms in total. The van der Waals surface area contributed by atoms with E-state index in [1.807, 2.05) is 0 Å². The predicted octanol–water partition coefficient (Wildman–Crippen LogP) is 2.55. The molecule has 0 aliphatic rings. The van der Waals surface area contributed by atoms with E-state index < -0.39 is 35.4 Å². The van der Waals surface area contributed by atoms with Crippen LogP contribution in [0.4, 0.5) is 18.9 Å². The normalized spacial score (nSPS) is 11.7. The molecule has 0 aliphatic heterocycles. The summed E-state index contributed by atoms with van der Waals surface area (Å²) in [6, 6.07) is 8.33. The fourth-order valence-electron chi connectivity index (χ4n) is 2.07. The Morgan fingerprint density at radius 2 is 1.80 bits per heavy atom. The molecule has 2 aromatic rings. The van der Waals surface area contributed by atoms with Crippen LogP contribution in [0.2, 0.25) is 0 Å². The number of halogens is 3. The minimum absolute atomic E-state index is 0.0625. The number of hydrogen-bond acceptors (Lipinski definition) is 3. The highest BCUT2D eigenvalue weighted by Crippen LogP contribution is 2.17. The van der Waals surface area contributed by atoms with Crippen LogP contribution < -0.4 is 10.6 Å². The zero-order valence-electron chi connectivity index (χ0n) is 13.2. The van der Waals surface area contributed by atoms with Gasteiger partial charge in [-0.3, -0.25) is 9.59 Å². The van der Waals surface area contributed by atoms with Gasteiger partial charge in [0, 0.05) is 25.4 Å². The third-order valence-corrected chi connectivity index (χ3v) is 3.34. The van der Waals surface area contributed by atoms with Crippen molar-refractivity contribution in [3.8, 4) is 0 Å². The molecule has 0 bridgehead atoms. The van der Waals surface area contributed by atoms with E-state index in [4.69, 9.17) is 4.74 Å². The Kier molecular flexibility index (Phi) is 6.13. The zero-order chi connectivity index (χ0) is 18.4. The summed E-state index contributed by atoms with van der Waals surface area (Å²) in [5, 5.41) is 4.47. The van der Waals surface area contributed by atoms with Crippen LogP contribution in [-0.2, 0) is 14.3 Å². The molecule has 1 unspecified atom stereocenters. The summed E-state index contributed by atoms with van der Waals surface area (Å²) < 4.78 is 44.3. The number of benzene rings is 2. The quantitative estimate of drug-likeness (QED) is 0.813. The van der Waals surface area contributed by atoms with Crippen molar-refractivity contribution in [1.29, 1.82) is 0 Å². The van der Waals surface area contributed by atoms with E-state index in [1.165, 1.54) is 25.3 Å². The summed E-state index contributed by atoms with van der Waals surface area (Å²) in [5.74, 6) is -4.73. The Bertz CT molecular complexity index is 783. The molecule has 2 aromatic carbocycles. The third kappa shape index (κ3) is 5.05. The van der Waals surface area contributed by atoms with Crippen LogP contribution in [-0.4, -0.2) is 25.5 Å². The van der Waals surface area contributed by atoms with Gasteiger partial charge < -0.3 is 15.4 Å². The van der Waals surface area contributed by atoms with Crippen molar-refractivity contribution in [2.75, 3.05) is 19.0 Å². The molecular formula is C17H15F3N2O3. The topological polar surface area (TPSA) is 67.4 Å². The molecule has 2 rings (SSSR count). The maximum absolute atomic E-state index is 13.2. The molecule has 25 heavy (non-hydrogen) atoms. The van der Waals surface area contributed by atoms with Gasteiger partial charge in [-0.25, -0.2) is 13.2 Å². The van der Waals surface area contributed by atoms with Gasteiger partial charge in [0.25, 0.3) is 0 Å². The van der Waals surface area contributed by atoms with Crippen molar-refractivity contribution in [3.63, 3.8) is 0 Å². The first-order valence-electron chi connectivity index (χ1n) is 7.23. The Hall–Kier alpha value is -2.87. The number of carbonyl (C=O) groups excluding carboxylic acids is 2. The van der Waals surface area contributed by atoms with Crippen LogP contribution in [0.15, 0.2) is 42.5 Å². The minimum atomic E-state index is -1.15. The predicted molar refractivity (Wildman–Crippen MR) is 84.1 cm³/mol. The smallest absolute Gasteiger partial charge is 0.313 e. The number of nitrogens with one attached hydrogen (secondary N) is 2. The molecule has 132 valence electrons. The molecule has 0 saturated heterocycles. The molecule has 0 aliphatic carbocycles. The molecule has 0 radical (unpaired) electrons. The highest BCUT2D eigenvalue weighted by molar-refractivity contribution is 6.39. The number of methoxy groups -OCH3 is 1. The van der Waals surface area contributed by atoms with Gasteiger partial charge in [0.15, 0.2) is 11.6 Å². The molecule has 1 atom stereocenters. The first-order chi connectivity index (χ1) is 11.9. The van der Waals surface area contributed by atoms with Crippen LogP contribution >= 0.6 is 0 Å². The number of carbonyl (C=O) groups is 2. The van der Waals surface area contributed by atoms with Crippen molar-refractivity contribution in [1.82, 2.24) is 5.32 Å². The summed E-state index contributed by atoms with van der Waals surface area (Å²) in [6.45, 7) is -0.0794. The first-order valence-corrected chi connectivity index (χ1v) is 7.23. The van der Waals surface area contributed by atoms with Gasteiger partial charge in [-0.15, -0.1) is 0 Å². The fraction of sp³-hybridized carbons (Fsp3) is 0.176. The highest BCUT2D eigenvalue weighted by Gasteiger charge is 2.18. The molecule has 8 heteroatoms. The molecule has 2 amide bonds. The van der Waals surface area contributed by atoms with E-state index in [0.717, 1.165) is 18.2 Å². The second kappa shape index (κ2) is 8.29. The standard InChI is InChI=1S/C17H15F3N2O3/c1-25-15(10-3-2-4-11(18)7-10)9-21-16(23)17(24)22-12-5-6-13(19)14(20)8-12/h2-8,15H,9H2,1H3,(H,21,23)(H,22,24). The van der Waals surface area contributed by atoms with Crippen LogP contribution in [0.5, 0.6) is 0 Å². The summed E-state index contributed by atoms with van der Waals surface area (Å²) in [7, 11) is 1.38. The molecular weight excluding hydrogens is 337 g/mol. The lowest BCUT2D eigenvalue weighted by Crippen LogP contribution is -2.38. The second-order valence-corrected chi connectivity index (χ2v) is 5.07. The SMILES string of the molecule is COC(CNC(=O)C(=O)Nc1ccc(F)c(F)c1)c1cccc(F)c1. The van der Waals surface area contributed by atoms with E-state index >= 15 is 0 Å². The van der Waals surface area contributed by atoms with Crippen molar-refractivity contribution >= 4 is 17.5 Å². The highest BCUT2D eigenvalue weighted by atomic mass is 19.2. The first kappa shape index (κ1) is 18.5. The number of rotatable bonds is 5. The van der Waals surface area contributed by atoms with Gasteiger partial charge in [-0.2, -0.15) is 0 Å². The molecule has 0 aromatic heterocycles. The lowest BCUT2D eigenvalue weighted by Gasteiger charge is -2.16. The lowest BCUT2D eigenvalue weighted by atomic mass is 10.1. The number of anilines is 1. The van der Waals surface area contributed by atoms with E-state index in [0.29, 0.717) is 5.56 Å². The van der Waals surface area contributed by atoms with Crippen LogP contribution in [0.25, 0.3) is 0 Å². The molecule has 0 fully saturated rings. The molecule has 0 heterocycles. The summed E-state index contributed by atoms with van der Waals surface area (Å²) >= 11 is 0. The second-order valence-electron chi connectivity index (χ2n) is 5.07. The van der Waals surface area contributed by atoms with Gasteiger partial charge >= 0.3 is 11.8 Å². The largest absolute Gasteiger partial charge is 0.375 e. The third-order valence-electron chi connectivity index (χ3n) is 3.34. The molecule has 2 N–H and O–H groups in total. The van der Waals surface area contributed by atoms with E-state index in [-0.39, 0.29) is 12.2 Å². The van der Waals surface area contributed by atoms with Gasteiger partial charge in [0.05, 0.1) is 6.10 Å². The van der Waals surface area contributed by atoms with E-state index in [2.05, 4.69) is 10.6 Å². The minimum Gasteiger partial charge on any atom is -0.375 e. The van der Waals surface area contributed by atoms with E-state index in [9.17, 15) is 22.8 Å². The molecule has 0 saturated carbocycles. The summed E-state index contributed by atoms with van der Waals surface area (Å²) in [6.07, 6.45) is -0.657. The van der Waals surface area contributed by atoms with E-state index in [1.54, 1.807) is 6.07 Å². The van der Waals surface area contributed by atoms with Crippen molar-refractivity contribution < 1.29 is 27.5 Å². The maximum Gasteiger partial charge on any atom is 0.313 e. The Balaban J connectivity index is 1.93. The van der Waals surface area contributed by atoms with Crippen LogP contribution in [0.3, 0.4) is 0 Å². The van der Waals surface area contributed by atoms with Crippen molar-refractivity contribution in [2.24, 2.45) is 0 Å². The average Bonchev–Trinajstić information content (AvgIpc) is 2.58. The number of hydrogen-bond donors (Lipinski definition) is 2. The molecule has 0 spiro atoms. The van der Waals surface area contributed by atoms with Gasteiger partial charge in [-0.1, -0.05) is 12.1 Å². The summed E-state index contributed by atoms with van der Waals surface area (Å²) in [5.41, 5.74) is 0.427. The van der Waals surface area contributed by atoms with Crippen molar-refractivity contribution in [2.45, 2.75) is 6.10 Å². The monoisotopic (exact) mass is 352 g/mol. The maximum atomic E-state index is 13.2. The average molecular weight is 352 g/mol. The van der Waals surface area contributed by atoms with Gasteiger partial charge in [-0.05, 0) is 29.8 Å². The number of ether oxygens (including phenoxy) is 1. The Morgan fingerprint density at radius 3 is 2.44 bits per heavy atom. The summed E-state index contributed by atoms with van der Waals surface area (Å²) in [4.78, 5) is 23.6. The van der Waals surface area contributed by atoms with Crippen LogP contribution in [0.1, 0.15) is 11.7 Å². The lowest BCUT2D eigenvalue weighted by molar-refractivity contribution is -0.136. The van der Waals surface area contributed by atoms with Crippen LogP contribution in [0, 0.1) is 17.5 Å².